The molecule has 5 N–H and O–H groups in total. The van der Waals surface area contributed by atoms with Crippen molar-refractivity contribution in [2.45, 2.75) is 102 Å². The predicted octanol–water partition coefficient (Wildman–Crippen LogP) is 4.15. The summed E-state index contributed by atoms with van der Waals surface area (Å²) in [5.74, 6) is -0.330. The number of anilines is 2. The Morgan fingerprint density at radius 2 is 1.79 bits per heavy atom. The van der Waals surface area contributed by atoms with Gasteiger partial charge >= 0.3 is 0 Å². The van der Waals surface area contributed by atoms with Crippen molar-refractivity contribution in [2.75, 3.05) is 29.9 Å². The van der Waals surface area contributed by atoms with Gasteiger partial charge in [0.2, 0.25) is 11.8 Å². The minimum atomic E-state index is -0.946. The number of benzene rings is 2. The second kappa shape index (κ2) is 16.4. The van der Waals surface area contributed by atoms with Crippen LogP contribution in [0, 0.1) is 0 Å². The number of nitrogens with zero attached hydrogens (tertiary/aromatic N) is 1. The van der Waals surface area contributed by atoms with Crippen molar-refractivity contribution in [1.82, 2.24) is 16.0 Å². The molecule has 2 aromatic rings. The van der Waals surface area contributed by atoms with Crippen LogP contribution >= 0.6 is 0 Å². The molecule has 0 aromatic heterocycles. The summed E-state index contributed by atoms with van der Waals surface area (Å²) >= 11 is 0. The molecule has 1 saturated carbocycles. The van der Waals surface area contributed by atoms with Gasteiger partial charge in [-0.25, -0.2) is 0 Å². The second-order valence-corrected chi connectivity index (χ2v) is 12.0. The average Bonchev–Trinajstić information content (AvgIpc) is 3.03. The normalized spacial score (nSPS) is 18.0. The number of amides is 3. The van der Waals surface area contributed by atoms with Gasteiger partial charge in [-0.15, -0.1) is 0 Å². The van der Waals surface area contributed by atoms with Gasteiger partial charge in [0, 0.05) is 49.0 Å². The van der Waals surface area contributed by atoms with E-state index in [0.29, 0.717) is 30.6 Å². The maximum atomic E-state index is 13.7. The van der Waals surface area contributed by atoms with Gasteiger partial charge in [0.15, 0.2) is 0 Å². The molecule has 0 spiro atoms. The van der Waals surface area contributed by atoms with Crippen LogP contribution in [0.25, 0.3) is 0 Å². The first-order valence-electron chi connectivity index (χ1n) is 16.1. The molecule has 3 atom stereocenters. The summed E-state index contributed by atoms with van der Waals surface area (Å²) in [6, 6.07) is 14.3. The summed E-state index contributed by atoms with van der Waals surface area (Å²) in [6.07, 6.45) is 8.22. The van der Waals surface area contributed by atoms with E-state index in [0.717, 1.165) is 62.7 Å². The first-order chi connectivity index (χ1) is 20.8. The maximum Gasteiger partial charge on any atom is 0.251 e. The molecular formula is C34H49N5O4. The Balaban J connectivity index is 1.47. The number of rotatable bonds is 14. The molecule has 4 rings (SSSR count). The molecule has 1 aliphatic carbocycles. The third-order valence-corrected chi connectivity index (χ3v) is 8.45. The Labute approximate surface area is 256 Å². The fraction of sp³-hybridized carbons (Fsp3) is 0.559. The largest absolute Gasteiger partial charge is 0.390 e. The molecule has 9 heteroatoms. The minimum Gasteiger partial charge on any atom is -0.390 e. The molecule has 1 aliphatic heterocycles. The zero-order valence-corrected chi connectivity index (χ0v) is 25.7. The van der Waals surface area contributed by atoms with E-state index in [1.807, 2.05) is 36.4 Å². The molecule has 1 heterocycles. The Bertz CT molecular complexity index is 1200. The van der Waals surface area contributed by atoms with Gasteiger partial charge in [0.05, 0.1) is 18.2 Å². The van der Waals surface area contributed by atoms with Gasteiger partial charge in [0.25, 0.3) is 5.91 Å². The number of hydrogen-bond donors (Lipinski definition) is 5. The van der Waals surface area contributed by atoms with E-state index >= 15 is 0 Å². The van der Waals surface area contributed by atoms with Crippen LogP contribution in [0.3, 0.4) is 0 Å². The van der Waals surface area contributed by atoms with Crippen molar-refractivity contribution in [1.29, 1.82) is 0 Å². The van der Waals surface area contributed by atoms with Gasteiger partial charge < -0.3 is 31.3 Å². The van der Waals surface area contributed by atoms with Crippen molar-refractivity contribution in [3.05, 3.63) is 59.7 Å². The highest BCUT2D eigenvalue weighted by atomic mass is 16.3. The number of aliphatic hydroxyl groups excluding tert-OH is 1. The van der Waals surface area contributed by atoms with E-state index in [4.69, 9.17) is 0 Å². The van der Waals surface area contributed by atoms with E-state index < -0.39 is 18.2 Å². The van der Waals surface area contributed by atoms with Gasteiger partial charge in [0.1, 0.15) is 0 Å². The lowest BCUT2D eigenvalue weighted by Gasteiger charge is -2.29. The third-order valence-electron chi connectivity index (χ3n) is 8.45. The predicted molar refractivity (Wildman–Crippen MR) is 171 cm³/mol. The number of carbonyl (C=O) groups excluding carboxylic acids is 3. The molecule has 1 saturated heterocycles. The summed E-state index contributed by atoms with van der Waals surface area (Å²) in [5, 5.41) is 24.0. The van der Waals surface area contributed by atoms with E-state index in [2.05, 4.69) is 28.2 Å². The van der Waals surface area contributed by atoms with Crippen molar-refractivity contribution >= 4 is 29.1 Å². The maximum absolute atomic E-state index is 13.7. The fourth-order valence-corrected chi connectivity index (χ4v) is 5.86. The lowest BCUT2D eigenvalue weighted by molar-refractivity contribution is -0.123. The highest BCUT2D eigenvalue weighted by Crippen LogP contribution is 2.27. The molecule has 234 valence electrons. The Morgan fingerprint density at radius 1 is 1.02 bits per heavy atom. The van der Waals surface area contributed by atoms with Crippen molar-refractivity contribution in [3.63, 3.8) is 0 Å². The highest BCUT2D eigenvalue weighted by molar-refractivity contribution is 6.00. The van der Waals surface area contributed by atoms with Crippen molar-refractivity contribution < 1.29 is 19.5 Å². The van der Waals surface area contributed by atoms with E-state index in [9.17, 15) is 19.5 Å². The molecule has 0 bridgehead atoms. The van der Waals surface area contributed by atoms with E-state index in [-0.39, 0.29) is 30.3 Å². The zero-order valence-electron chi connectivity index (χ0n) is 25.7. The van der Waals surface area contributed by atoms with Crippen molar-refractivity contribution in [3.8, 4) is 0 Å². The van der Waals surface area contributed by atoms with Gasteiger partial charge in [-0.3, -0.25) is 14.4 Å². The van der Waals surface area contributed by atoms with Crippen LogP contribution in [0.15, 0.2) is 48.5 Å². The topological polar surface area (TPSA) is 123 Å². The SMILES string of the molecule is CCCNc1cc(C(=O)N[C@@H](Cc2ccccc2)[C@H](O)CN[C@@H](C)C(=O)NC2CCCCC2)cc(N2CCCCC2=O)c1. The smallest absolute Gasteiger partial charge is 0.251 e. The first kappa shape index (κ1) is 32.5. The molecule has 0 radical (unpaired) electrons. The van der Waals surface area contributed by atoms with Gasteiger partial charge in [-0.1, -0.05) is 56.5 Å². The number of aliphatic hydroxyl groups is 1. The summed E-state index contributed by atoms with van der Waals surface area (Å²) in [5.41, 5.74) is 2.89. The number of piperidine rings is 1. The summed E-state index contributed by atoms with van der Waals surface area (Å²) in [7, 11) is 0. The summed E-state index contributed by atoms with van der Waals surface area (Å²) in [6.45, 7) is 5.38. The first-order valence-corrected chi connectivity index (χ1v) is 16.1. The lowest BCUT2D eigenvalue weighted by Crippen LogP contribution is -2.53. The molecule has 2 fully saturated rings. The molecule has 9 nitrogen and oxygen atoms in total. The zero-order chi connectivity index (χ0) is 30.6. The minimum absolute atomic E-state index is 0.0651. The van der Waals surface area contributed by atoms with Crippen molar-refractivity contribution in [2.24, 2.45) is 0 Å². The van der Waals surface area contributed by atoms with Crippen LogP contribution in [-0.4, -0.2) is 66.7 Å². The molecule has 0 unspecified atom stereocenters. The monoisotopic (exact) mass is 591 g/mol. The van der Waals surface area contributed by atoms with Crippen LogP contribution in [0.5, 0.6) is 0 Å². The van der Waals surface area contributed by atoms with Crippen LogP contribution in [0.1, 0.15) is 87.6 Å². The third kappa shape index (κ3) is 9.79. The second-order valence-electron chi connectivity index (χ2n) is 12.0. The average molecular weight is 592 g/mol. The Kier molecular flexibility index (Phi) is 12.4. The molecule has 43 heavy (non-hydrogen) atoms. The number of hydrogen-bond acceptors (Lipinski definition) is 6. The highest BCUT2D eigenvalue weighted by Gasteiger charge is 2.26. The van der Waals surface area contributed by atoms with E-state index in [1.165, 1.54) is 6.42 Å². The fourth-order valence-electron chi connectivity index (χ4n) is 5.86. The lowest BCUT2D eigenvalue weighted by atomic mass is 9.95. The quantitative estimate of drug-likeness (QED) is 0.225. The van der Waals surface area contributed by atoms with Gasteiger partial charge in [-0.2, -0.15) is 0 Å². The van der Waals surface area contributed by atoms with Crippen LogP contribution in [-0.2, 0) is 16.0 Å². The van der Waals surface area contributed by atoms with Crippen LogP contribution < -0.4 is 26.2 Å². The van der Waals surface area contributed by atoms with Crippen LogP contribution in [0.4, 0.5) is 11.4 Å². The number of nitrogens with one attached hydrogen (secondary N) is 4. The van der Waals surface area contributed by atoms with E-state index in [1.54, 1.807) is 24.0 Å². The summed E-state index contributed by atoms with van der Waals surface area (Å²) in [4.78, 5) is 41.0. The summed E-state index contributed by atoms with van der Waals surface area (Å²) < 4.78 is 0. The molecular weight excluding hydrogens is 542 g/mol. The molecule has 3 amide bonds. The standard InChI is InChI=1S/C34H49N5O4/c1-3-17-35-28-20-26(21-29(22-28)39-18-11-10-16-32(39)41)34(43)38-30(19-25-12-6-4-7-13-25)31(40)23-36-24(2)33(42)37-27-14-8-5-9-15-27/h4,6-7,12-13,20-22,24,27,30-31,35-36,40H,3,5,8-11,14-19,23H2,1-2H3,(H,37,42)(H,38,43)/t24-,30-,31+/m0/s1. The Morgan fingerprint density at radius 3 is 2.51 bits per heavy atom. The molecule has 2 aliphatic rings. The van der Waals surface area contributed by atoms with Crippen LogP contribution in [0.2, 0.25) is 0 Å². The molecule has 2 aromatic carbocycles. The number of carbonyl (C=O) groups is 3. The Hall–Kier alpha value is -3.43. The van der Waals surface area contributed by atoms with Gasteiger partial charge in [-0.05, 0) is 69.2 Å².